The molecule has 0 spiro atoms. The normalized spacial score (nSPS) is 14.4. The van der Waals surface area contributed by atoms with Gasteiger partial charge >= 0.3 is 0 Å². The first-order chi connectivity index (χ1) is 14.7. The number of aromatic amines is 1. The zero-order valence-corrected chi connectivity index (χ0v) is 19.1. The van der Waals surface area contributed by atoms with Gasteiger partial charge in [0.05, 0.1) is 24.1 Å². The third kappa shape index (κ3) is 4.65. The first-order valence-corrected chi connectivity index (χ1v) is 10.8. The fraction of sp³-hybridized carbons (Fsp3) is 0.375. The predicted molar refractivity (Wildman–Crippen MR) is 123 cm³/mol. The molecule has 2 aromatic heterocycles. The number of nitrogens with zero attached hydrogens (tertiary/aromatic N) is 3. The van der Waals surface area contributed by atoms with Crippen LogP contribution in [0, 0.1) is 0 Å². The van der Waals surface area contributed by atoms with Gasteiger partial charge in [0.2, 0.25) is 0 Å². The van der Waals surface area contributed by atoms with Gasteiger partial charge in [-0.1, -0.05) is 38.4 Å². The summed E-state index contributed by atoms with van der Waals surface area (Å²) in [6.07, 6.45) is 2.64. The highest BCUT2D eigenvalue weighted by atomic mass is 35.5. The van der Waals surface area contributed by atoms with Crippen LogP contribution in [0.25, 0.3) is 11.3 Å². The summed E-state index contributed by atoms with van der Waals surface area (Å²) in [5.41, 5.74) is 4.25. The molecule has 0 unspecified atom stereocenters. The van der Waals surface area contributed by atoms with E-state index in [9.17, 15) is 4.79 Å². The average Bonchev–Trinajstić information content (AvgIpc) is 2.74. The Morgan fingerprint density at radius 3 is 2.71 bits per heavy atom. The van der Waals surface area contributed by atoms with Gasteiger partial charge in [-0.3, -0.25) is 14.7 Å². The first-order valence-electron chi connectivity index (χ1n) is 10.4. The summed E-state index contributed by atoms with van der Waals surface area (Å²) in [6.45, 7) is 8.34. The lowest BCUT2D eigenvalue weighted by molar-refractivity contribution is 0.240. The Morgan fingerprint density at radius 2 is 2.03 bits per heavy atom. The lowest BCUT2D eigenvalue weighted by Gasteiger charge is -2.29. The molecule has 1 aliphatic heterocycles. The minimum atomic E-state index is -0.176. The number of hydrogen-bond donors (Lipinski definition) is 1. The number of nitrogens with one attached hydrogen (secondary N) is 1. The van der Waals surface area contributed by atoms with Crippen LogP contribution in [0.3, 0.4) is 0 Å². The molecular formula is C24H27ClN4O2. The quantitative estimate of drug-likeness (QED) is 0.655. The molecule has 0 bridgehead atoms. The molecule has 0 amide bonds. The van der Waals surface area contributed by atoms with Crippen molar-refractivity contribution < 1.29 is 4.74 Å². The second-order valence-corrected chi connectivity index (χ2v) is 9.38. The van der Waals surface area contributed by atoms with E-state index in [0.717, 1.165) is 59.2 Å². The summed E-state index contributed by atoms with van der Waals surface area (Å²) in [7, 11) is 1.64. The Bertz CT molecular complexity index is 1150. The molecule has 7 heteroatoms. The Morgan fingerprint density at radius 1 is 1.23 bits per heavy atom. The van der Waals surface area contributed by atoms with Crippen molar-refractivity contribution in [3.05, 3.63) is 74.6 Å². The molecule has 162 valence electrons. The highest BCUT2D eigenvalue weighted by Gasteiger charge is 2.24. The lowest BCUT2D eigenvalue weighted by atomic mass is 9.95. The number of benzene rings is 1. The van der Waals surface area contributed by atoms with Crippen LogP contribution in [0.2, 0.25) is 5.02 Å². The summed E-state index contributed by atoms with van der Waals surface area (Å²) < 4.78 is 5.43. The molecule has 6 nitrogen and oxygen atoms in total. The van der Waals surface area contributed by atoms with E-state index in [1.807, 2.05) is 24.4 Å². The van der Waals surface area contributed by atoms with Crippen molar-refractivity contribution in [1.82, 2.24) is 19.9 Å². The van der Waals surface area contributed by atoms with Crippen LogP contribution >= 0.6 is 11.6 Å². The highest BCUT2D eigenvalue weighted by Crippen LogP contribution is 2.31. The minimum Gasteiger partial charge on any atom is -0.496 e. The Hall–Kier alpha value is -2.70. The standard InChI is InChI=1S/C24H27ClN4O2/c1-24(2,3)23-27-20-9-10-29(14-18(20)22(30)28-23)13-15-5-7-19(26-12-15)17-11-16(25)6-8-21(17)31-4/h5-8,11-12H,9-10,13-14H2,1-4H3,(H,27,28,30). The molecule has 1 N–H and O–H groups in total. The average molecular weight is 439 g/mol. The van der Waals surface area contributed by atoms with Crippen molar-refractivity contribution in [3.63, 3.8) is 0 Å². The molecule has 0 fully saturated rings. The van der Waals surface area contributed by atoms with Gasteiger partial charge in [0, 0.05) is 48.3 Å². The SMILES string of the molecule is COc1ccc(Cl)cc1-c1ccc(CN2CCc3nc(C(C)(C)C)[nH]c(=O)c3C2)cn1. The predicted octanol–water partition coefficient (Wildman–Crippen LogP) is 4.35. The molecule has 3 aromatic rings. The number of H-pyrrole nitrogens is 1. The highest BCUT2D eigenvalue weighted by molar-refractivity contribution is 6.30. The smallest absolute Gasteiger partial charge is 0.255 e. The van der Waals surface area contributed by atoms with Crippen molar-refractivity contribution in [3.8, 4) is 17.0 Å². The maximum atomic E-state index is 12.7. The summed E-state index contributed by atoms with van der Waals surface area (Å²) in [5, 5.41) is 0.641. The molecule has 4 rings (SSSR count). The first kappa shape index (κ1) is 21.5. The van der Waals surface area contributed by atoms with E-state index in [4.69, 9.17) is 21.3 Å². The van der Waals surface area contributed by atoms with Crippen LogP contribution in [0.1, 0.15) is 43.4 Å². The van der Waals surface area contributed by atoms with Gasteiger partial charge in [0.25, 0.3) is 5.56 Å². The van der Waals surface area contributed by atoms with E-state index in [1.54, 1.807) is 13.2 Å². The Balaban J connectivity index is 1.51. The molecule has 0 radical (unpaired) electrons. The molecule has 0 saturated heterocycles. The van der Waals surface area contributed by atoms with Gasteiger partial charge in [-0.05, 0) is 29.8 Å². The van der Waals surface area contributed by atoms with E-state index >= 15 is 0 Å². The van der Waals surface area contributed by atoms with E-state index in [1.165, 1.54) is 0 Å². The van der Waals surface area contributed by atoms with E-state index in [2.05, 4.69) is 41.7 Å². The van der Waals surface area contributed by atoms with Crippen LogP contribution in [-0.4, -0.2) is 33.5 Å². The number of rotatable bonds is 4. The maximum Gasteiger partial charge on any atom is 0.255 e. The number of methoxy groups -OCH3 is 1. The van der Waals surface area contributed by atoms with Gasteiger partial charge in [-0.15, -0.1) is 0 Å². The van der Waals surface area contributed by atoms with Gasteiger partial charge < -0.3 is 9.72 Å². The van der Waals surface area contributed by atoms with Crippen molar-refractivity contribution in [1.29, 1.82) is 0 Å². The third-order valence-electron chi connectivity index (χ3n) is 5.53. The second-order valence-electron chi connectivity index (χ2n) is 8.95. The zero-order valence-electron chi connectivity index (χ0n) is 18.3. The van der Waals surface area contributed by atoms with Crippen molar-refractivity contribution in [2.45, 2.75) is 45.7 Å². The lowest BCUT2D eigenvalue weighted by Crippen LogP contribution is -2.37. The van der Waals surface area contributed by atoms with Crippen LogP contribution in [0.4, 0.5) is 0 Å². The largest absolute Gasteiger partial charge is 0.496 e. The van der Waals surface area contributed by atoms with E-state index in [0.29, 0.717) is 11.6 Å². The maximum absolute atomic E-state index is 12.7. The zero-order chi connectivity index (χ0) is 22.2. The Labute approximate surface area is 187 Å². The molecule has 3 heterocycles. The van der Waals surface area contributed by atoms with Crippen molar-refractivity contribution in [2.75, 3.05) is 13.7 Å². The fourth-order valence-electron chi connectivity index (χ4n) is 3.79. The number of ether oxygens (including phenoxy) is 1. The van der Waals surface area contributed by atoms with E-state index in [-0.39, 0.29) is 11.0 Å². The summed E-state index contributed by atoms with van der Waals surface area (Å²) >= 11 is 6.15. The number of hydrogen-bond acceptors (Lipinski definition) is 5. The summed E-state index contributed by atoms with van der Waals surface area (Å²) in [4.78, 5) is 27.2. The molecule has 0 aliphatic carbocycles. The minimum absolute atomic E-state index is 0.0267. The number of fused-ring (bicyclic) bond motifs is 1. The number of halogens is 1. The van der Waals surface area contributed by atoms with Crippen LogP contribution in [0.15, 0.2) is 41.3 Å². The number of aromatic nitrogens is 3. The summed E-state index contributed by atoms with van der Waals surface area (Å²) in [6, 6.07) is 9.53. The molecule has 1 aliphatic rings. The van der Waals surface area contributed by atoms with Gasteiger partial charge in [-0.25, -0.2) is 4.98 Å². The van der Waals surface area contributed by atoms with Crippen LogP contribution in [0.5, 0.6) is 5.75 Å². The molecule has 0 saturated carbocycles. The fourth-order valence-corrected chi connectivity index (χ4v) is 3.96. The van der Waals surface area contributed by atoms with Crippen LogP contribution in [-0.2, 0) is 24.9 Å². The number of pyridine rings is 1. The second kappa shape index (κ2) is 8.44. The van der Waals surface area contributed by atoms with E-state index < -0.39 is 0 Å². The monoisotopic (exact) mass is 438 g/mol. The van der Waals surface area contributed by atoms with Gasteiger partial charge in [-0.2, -0.15) is 0 Å². The molecule has 0 atom stereocenters. The van der Waals surface area contributed by atoms with Crippen molar-refractivity contribution >= 4 is 11.6 Å². The topological polar surface area (TPSA) is 71.1 Å². The molecular weight excluding hydrogens is 412 g/mol. The van der Waals surface area contributed by atoms with Gasteiger partial charge in [0.15, 0.2) is 0 Å². The van der Waals surface area contributed by atoms with Gasteiger partial charge in [0.1, 0.15) is 11.6 Å². The van der Waals surface area contributed by atoms with Crippen molar-refractivity contribution in [2.24, 2.45) is 0 Å². The summed E-state index contributed by atoms with van der Waals surface area (Å²) in [5.74, 6) is 1.49. The Kier molecular flexibility index (Phi) is 5.86. The van der Waals surface area contributed by atoms with Crippen LogP contribution < -0.4 is 10.3 Å². The molecule has 31 heavy (non-hydrogen) atoms. The molecule has 1 aromatic carbocycles. The third-order valence-corrected chi connectivity index (χ3v) is 5.76.